The minimum absolute atomic E-state index is 0.0834. The summed E-state index contributed by atoms with van der Waals surface area (Å²) in [6, 6.07) is 15.1. The van der Waals surface area contributed by atoms with Crippen molar-refractivity contribution in [2.45, 2.75) is 83.8 Å². The molecule has 1 spiro atoms. The molecule has 45 heavy (non-hydrogen) atoms. The van der Waals surface area contributed by atoms with Crippen molar-refractivity contribution in [2.75, 3.05) is 31.7 Å². The van der Waals surface area contributed by atoms with Crippen LogP contribution in [0.1, 0.15) is 58.1 Å². The van der Waals surface area contributed by atoms with E-state index in [4.69, 9.17) is 9.47 Å². The van der Waals surface area contributed by atoms with Crippen molar-refractivity contribution < 1.29 is 28.3 Å². The van der Waals surface area contributed by atoms with E-state index in [2.05, 4.69) is 32.9 Å². The molecule has 2 aromatic carbocycles. The molecule has 4 rings (SSSR count). The highest BCUT2D eigenvalue weighted by atomic mass is 28.4. The smallest absolute Gasteiger partial charge is 0.264 e. The van der Waals surface area contributed by atoms with Crippen molar-refractivity contribution in [1.82, 2.24) is 4.90 Å². The molecule has 1 fully saturated rings. The minimum Gasteiger partial charge on any atom is -0.497 e. The fraction of sp³-hybridized carbons (Fsp3) is 0.500. The maximum absolute atomic E-state index is 16.3. The number of amides is 2. The number of aliphatic hydroxyl groups excluding tert-OH is 1. The third kappa shape index (κ3) is 7.42. The molecule has 2 aromatic rings. The number of carbonyl (C=O) groups excluding carboxylic acids is 2. The van der Waals surface area contributed by atoms with Gasteiger partial charge in [0.05, 0.1) is 31.9 Å². The summed E-state index contributed by atoms with van der Waals surface area (Å²) in [4.78, 5) is 31.7. The number of hydrogen-bond acceptors (Lipinski definition) is 5. The summed E-state index contributed by atoms with van der Waals surface area (Å²) in [6.45, 7) is 12.0. The van der Waals surface area contributed by atoms with Crippen LogP contribution in [0.25, 0.3) is 0 Å². The van der Waals surface area contributed by atoms with Gasteiger partial charge in [0.25, 0.3) is 5.91 Å². The van der Waals surface area contributed by atoms with Crippen LogP contribution in [0.15, 0.2) is 71.8 Å². The molecule has 2 amide bonds. The molecule has 2 aliphatic heterocycles. The number of anilines is 1. The Morgan fingerprint density at radius 2 is 1.87 bits per heavy atom. The standard InChI is InChI=1S/C36H49FN2O5Si/c1-25(2)12-11-13-26(3)18-19-39-31-17-16-29(43-5)22-30(31)36(35(39)42)27(4)34(45(6,7)37)32(44-36)23-33(41)38(20-21-40)24-28-14-9-8-10-15-28/h8-10,12,14-18,22,27,32,34,40H,11,13,19-21,23-24H2,1-7H3/b26-18+/t27-,32+,34-,36+/m1/s1. The fourth-order valence-corrected chi connectivity index (χ4v) is 9.48. The molecule has 0 saturated carbocycles. The van der Waals surface area contributed by atoms with Gasteiger partial charge in [0.1, 0.15) is 5.75 Å². The first-order valence-electron chi connectivity index (χ1n) is 15.9. The predicted octanol–water partition coefficient (Wildman–Crippen LogP) is 6.92. The van der Waals surface area contributed by atoms with Gasteiger partial charge >= 0.3 is 0 Å². The average molecular weight is 637 g/mol. The number of hydrogen-bond donors (Lipinski definition) is 1. The van der Waals surface area contributed by atoms with E-state index in [1.165, 1.54) is 11.1 Å². The highest BCUT2D eigenvalue weighted by Gasteiger charge is 2.67. The quantitative estimate of drug-likeness (QED) is 0.147. The molecule has 0 radical (unpaired) electrons. The van der Waals surface area contributed by atoms with Crippen LogP contribution in [0, 0.1) is 5.92 Å². The van der Waals surface area contributed by atoms with E-state index in [0.29, 0.717) is 24.4 Å². The normalized spacial score (nSPS) is 23.0. The Morgan fingerprint density at radius 3 is 2.49 bits per heavy atom. The number of allylic oxidation sites excluding steroid dienone is 3. The Labute approximate surface area is 268 Å². The van der Waals surface area contributed by atoms with E-state index in [9.17, 15) is 14.7 Å². The highest BCUT2D eigenvalue weighted by molar-refractivity contribution is 6.72. The largest absolute Gasteiger partial charge is 0.497 e. The van der Waals surface area contributed by atoms with Crippen molar-refractivity contribution in [3.63, 3.8) is 0 Å². The molecule has 1 N–H and O–H groups in total. The van der Waals surface area contributed by atoms with Gasteiger partial charge in [0.2, 0.25) is 14.3 Å². The van der Waals surface area contributed by atoms with Crippen molar-refractivity contribution in [2.24, 2.45) is 5.92 Å². The highest BCUT2D eigenvalue weighted by Crippen LogP contribution is 2.60. The number of carbonyl (C=O) groups is 2. The zero-order valence-corrected chi connectivity index (χ0v) is 28.8. The molecule has 2 aliphatic rings. The van der Waals surface area contributed by atoms with Gasteiger partial charge in [0, 0.05) is 36.7 Å². The maximum atomic E-state index is 16.3. The van der Waals surface area contributed by atoms with Gasteiger partial charge < -0.3 is 28.5 Å². The van der Waals surface area contributed by atoms with Gasteiger partial charge in [-0.25, -0.2) is 0 Å². The Bertz CT molecular complexity index is 1420. The van der Waals surface area contributed by atoms with Crippen molar-refractivity contribution in [1.29, 1.82) is 0 Å². The first kappa shape index (κ1) is 34.6. The maximum Gasteiger partial charge on any atom is 0.264 e. The lowest BCUT2D eigenvalue weighted by Crippen LogP contribution is -2.45. The lowest BCUT2D eigenvalue weighted by Gasteiger charge is -2.31. The first-order valence-corrected chi connectivity index (χ1v) is 18.9. The first-order chi connectivity index (χ1) is 21.3. The summed E-state index contributed by atoms with van der Waals surface area (Å²) < 4.78 is 28.6. The van der Waals surface area contributed by atoms with Crippen molar-refractivity contribution in [3.05, 3.63) is 83.0 Å². The fourth-order valence-electron chi connectivity index (χ4n) is 6.99. The van der Waals surface area contributed by atoms with Gasteiger partial charge in [-0.2, -0.15) is 0 Å². The minimum atomic E-state index is -3.46. The second kappa shape index (κ2) is 14.4. The molecule has 0 bridgehead atoms. The van der Waals surface area contributed by atoms with E-state index in [1.54, 1.807) is 30.0 Å². The third-order valence-corrected chi connectivity index (χ3v) is 11.7. The van der Waals surface area contributed by atoms with Crippen LogP contribution < -0.4 is 9.64 Å². The zero-order chi connectivity index (χ0) is 32.9. The van der Waals surface area contributed by atoms with Gasteiger partial charge in [-0.3, -0.25) is 9.59 Å². The van der Waals surface area contributed by atoms with Crippen LogP contribution in [-0.4, -0.2) is 63.1 Å². The van der Waals surface area contributed by atoms with Gasteiger partial charge in [-0.15, -0.1) is 0 Å². The molecule has 0 unspecified atom stereocenters. The third-order valence-electron chi connectivity index (χ3n) is 9.20. The van der Waals surface area contributed by atoms with E-state index in [1.807, 2.05) is 55.5 Å². The van der Waals surface area contributed by atoms with E-state index >= 15 is 4.11 Å². The number of ether oxygens (including phenoxy) is 2. The topological polar surface area (TPSA) is 79.3 Å². The summed E-state index contributed by atoms with van der Waals surface area (Å²) in [5, 5.41) is 9.75. The second-order valence-electron chi connectivity index (χ2n) is 13.2. The number of fused-ring (bicyclic) bond motifs is 2. The molecule has 0 aromatic heterocycles. The summed E-state index contributed by atoms with van der Waals surface area (Å²) >= 11 is 0. The molecule has 9 heteroatoms. The molecule has 0 aliphatic carbocycles. The van der Waals surface area contributed by atoms with E-state index in [-0.39, 0.29) is 31.4 Å². The van der Waals surface area contributed by atoms with Crippen LogP contribution in [-0.2, 0) is 26.5 Å². The predicted molar refractivity (Wildman–Crippen MR) is 179 cm³/mol. The molecular weight excluding hydrogens is 587 g/mol. The molecular formula is C36H49FN2O5Si. The number of aliphatic hydroxyl groups is 1. The number of benzene rings is 2. The van der Waals surface area contributed by atoms with Crippen LogP contribution in [0.2, 0.25) is 18.6 Å². The zero-order valence-electron chi connectivity index (χ0n) is 27.8. The number of halogens is 1. The van der Waals surface area contributed by atoms with Gasteiger partial charge in [-0.1, -0.05) is 60.6 Å². The van der Waals surface area contributed by atoms with E-state index < -0.39 is 31.6 Å². The summed E-state index contributed by atoms with van der Waals surface area (Å²) in [7, 11) is -1.88. The Balaban J connectivity index is 1.69. The SMILES string of the molecule is COc1ccc2c(c1)[C@]1(O[C@@H](CC(=O)N(CCO)Cc3ccccc3)[C@H]([Si](C)(C)F)[C@H]1C)C(=O)N2C/C=C(\C)CCC=C(C)C. The van der Waals surface area contributed by atoms with Gasteiger partial charge in [0.15, 0.2) is 5.60 Å². The van der Waals surface area contributed by atoms with Crippen LogP contribution in [0.5, 0.6) is 5.75 Å². The Kier molecular flexibility index (Phi) is 11.1. The molecule has 7 nitrogen and oxygen atoms in total. The van der Waals surface area contributed by atoms with Crippen LogP contribution in [0.4, 0.5) is 9.80 Å². The lowest BCUT2D eigenvalue weighted by atomic mass is 9.82. The summed E-state index contributed by atoms with van der Waals surface area (Å²) in [5.74, 6) is -0.417. The monoisotopic (exact) mass is 636 g/mol. The number of nitrogens with zero attached hydrogens (tertiary/aromatic N) is 2. The number of methoxy groups -OCH3 is 1. The summed E-state index contributed by atoms with van der Waals surface area (Å²) in [5.41, 5.74) is 2.70. The number of rotatable bonds is 13. The molecule has 1 saturated heterocycles. The van der Waals surface area contributed by atoms with Crippen molar-refractivity contribution >= 4 is 25.9 Å². The lowest BCUT2D eigenvalue weighted by molar-refractivity contribution is -0.149. The summed E-state index contributed by atoms with van der Waals surface area (Å²) in [6.07, 6.45) is 5.21. The van der Waals surface area contributed by atoms with Crippen molar-refractivity contribution in [3.8, 4) is 5.75 Å². The second-order valence-corrected chi connectivity index (χ2v) is 17.0. The molecule has 4 atom stereocenters. The van der Waals surface area contributed by atoms with Gasteiger partial charge in [-0.05, 0) is 70.5 Å². The Hall–Kier alpha value is -3.27. The Morgan fingerprint density at radius 1 is 1.16 bits per heavy atom. The molecule has 244 valence electrons. The molecule has 2 heterocycles. The average Bonchev–Trinajstić information content (AvgIpc) is 3.41. The van der Waals surface area contributed by atoms with E-state index in [0.717, 1.165) is 24.1 Å². The van der Waals surface area contributed by atoms with Crippen LogP contribution >= 0.6 is 0 Å². The van der Waals surface area contributed by atoms with Crippen LogP contribution in [0.3, 0.4) is 0 Å².